The molecule has 0 amide bonds. The van der Waals surface area contributed by atoms with Crippen LogP contribution in [0.25, 0.3) is 21.6 Å². The monoisotopic (exact) mass is 378 g/mol. The Morgan fingerprint density at radius 3 is 2.85 bits per heavy atom. The van der Waals surface area contributed by atoms with Crippen molar-refractivity contribution in [2.45, 2.75) is 19.5 Å². The van der Waals surface area contributed by atoms with E-state index in [9.17, 15) is 4.79 Å². The summed E-state index contributed by atoms with van der Waals surface area (Å²) in [7, 11) is 0. The van der Waals surface area contributed by atoms with E-state index in [4.69, 9.17) is 0 Å². The molecule has 0 fully saturated rings. The number of benzene rings is 1. The fraction of sp³-hybridized carbons (Fsp3) is 0.263. The summed E-state index contributed by atoms with van der Waals surface area (Å²) in [6.07, 6.45) is 0.824. The van der Waals surface area contributed by atoms with Gasteiger partial charge in [0.25, 0.3) is 5.56 Å². The van der Waals surface area contributed by atoms with Crippen molar-refractivity contribution in [1.82, 2.24) is 29.6 Å². The molecule has 1 aromatic carbocycles. The summed E-state index contributed by atoms with van der Waals surface area (Å²) in [6.45, 7) is 3.16. The van der Waals surface area contributed by atoms with Gasteiger partial charge < -0.3 is 9.55 Å². The predicted octanol–water partition coefficient (Wildman–Crippen LogP) is 2.30. The first-order valence-corrected chi connectivity index (χ1v) is 9.82. The van der Waals surface area contributed by atoms with Crippen LogP contribution in [0.15, 0.2) is 46.6 Å². The summed E-state index contributed by atoms with van der Waals surface area (Å²) < 4.78 is 2.89. The first-order chi connectivity index (χ1) is 13.3. The Balaban J connectivity index is 1.37. The van der Waals surface area contributed by atoms with Crippen molar-refractivity contribution in [3.8, 4) is 11.4 Å². The summed E-state index contributed by atoms with van der Waals surface area (Å²) in [5.74, 6) is 2.64. The molecule has 4 heterocycles. The third-order valence-electron chi connectivity index (χ3n) is 4.89. The second kappa shape index (κ2) is 6.71. The molecular weight excluding hydrogens is 360 g/mol. The zero-order chi connectivity index (χ0) is 18.2. The SMILES string of the molecule is O=c1[nH]c(CN2CCc3nnc(-c4ccccc4)n3CC2)nc2ccsc12. The molecule has 27 heavy (non-hydrogen) atoms. The summed E-state index contributed by atoms with van der Waals surface area (Å²) >= 11 is 1.43. The van der Waals surface area contributed by atoms with E-state index >= 15 is 0 Å². The highest BCUT2D eigenvalue weighted by Crippen LogP contribution is 2.20. The van der Waals surface area contributed by atoms with Crippen molar-refractivity contribution >= 4 is 21.6 Å². The molecule has 1 aliphatic heterocycles. The molecule has 5 rings (SSSR count). The maximum Gasteiger partial charge on any atom is 0.268 e. The number of hydrogen-bond acceptors (Lipinski definition) is 6. The second-order valence-corrected chi connectivity index (χ2v) is 7.55. The van der Waals surface area contributed by atoms with Gasteiger partial charge in [0, 0.05) is 31.6 Å². The highest BCUT2D eigenvalue weighted by Gasteiger charge is 2.20. The molecule has 7 nitrogen and oxygen atoms in total. The van der Waals surface area contributed by atoms with Crippen LogP contribution >= 0.6 is 11.3 Å². The number of rotatable bonds is 3. The molecule has 0 aliphatic carbocycles. The van der Waals surface area contributed by atoms with E-state index in [0.29, 0.717) is 17.1 Å². The average molecular weight is 378 g/mol. The average Bonchev–Trinajstić information content (AvgIpc) is 3.27. The summed E-state index contributed by atoms with van der Waals surface area (Å²) in [4.78, 5) is 22.0. The van der Waals surface area contributed by atoms with Crippen LogP contribution in [0.5, 0.6) is 0 Å². The van der Waals surface area contributed by atoms with Crippen molar-refractivity contribution in [1.29, 1.82) is 0 Å². The van der Waals surface area contributed by atoms with Gasteiger partial charge in [0.2, 0.25) is 0 Å². The second-order valence-electron chi connectivity index (χ2n) is 6.63. The lowest BCUT2D eigenvalue weighted by molar-refractivity contribution is 0.265. The Bertz CT molecular complexity index is 1150. The summed E-state index contributed by atoms with van der Waals surface area (Å²) in [6, 6.07) is 12.1. The molecule has 136 valence electrons. The number of aromatic amines is 1. The molecule has 1 aliphatic rings. The van der Waals surface area contributed by atoms with Crippen molar-refractivity contribution in [3.63, 3.8) is 0 Å². The molecule has 0 unspecified atom stereocenters. The van der Waals surface area contributed by atoms with E-state index in [-0.39, 0.29) is 5.56 Å². The van der Waals surface area contributed by atoms with E-state index < -0.39 is 0 Å². The molecule has 0 atom stereocenters. The first kappa shape index (κ1) is 16.3. The topological polar surface area (TPSA) is 79.7 Å². The minimum absolute atomic E-state index is 0.0525. The molecule has 0 saturated heterocycles. The molecule has 4 aromatic rings. The highest BCUT2D eigenvalue weighted by molar-refractivity contribution is 7.17. The number of hydrogen-bond donors (Lipinski definition) is 1. The minimum Gasteiger partial charge on any atom is -0.310 e. The fourth-order valence-electron chi connectivity index (χ4n) is 3.53. The van der Waals surface area contributed by atoms with Crippen LogP contribution in [0.3, 0.4) is 0 Å². The first-order valence-electron chi connectivity index (χ1n) is 8.94. The van der Waals surface area contributed by atoms with Gasteiger partial charge >= 0.3 is 0 Å². The van der Waals surface area contributed by atoms with E-state index in [1.807, 2.05) is 29.6 Å². The number of H-pyrrole nitrogens is 1. The lowest BCUT2D eigenvalue weighted by Gasteiger charge is -2.18. The van der Waals surface area contributed by atoms with Gasteiger partial charge in [-0.15, -0.1) is 21.5 Å². The van der Waals surface area contributed by atoms with Gasteiger partial charge in [-0.1, -0.05) is 30.3 Å². The van der Waals surface area contributed by atoms with Gasteiger partial charge in [-0.2, -0.15) is 0 Å². The molecule has 1 N–H and O–H groups in total. The number of fused-ring (bicyclic) bond motifs is 2. The molecule has 0 saturated carbocycles. The normalized spacial score (nSPS) is 15.0. The van der Waals surface area contributed by atoms with Crippen molar-refractivity contribution in [2.75, 3.05) is 13.1 Å². The third-order valence-corrected chi connectivity index (χ3v) is 5.79. The quantitative estimate of drug-likeness (QED) is 0.592. The van der Waals surface area contributed by atoms with Crippen LogP contribution in [0.2, 0.25) is 0 Å². The zero-order valence-electron chi connectivity index (χ0n) is 14.6. The van der Waals surface area contributed by atoms with Gasteiger partial charge in [0.1, 0.15) is 16.3 Å². The standard InChI is InChI=1S/C19H18N6OS/c26-19-17-14(7-11-27-17)20-15(21-19)12-24-8-6-16-22-23-18(25(16)10-9-24)13-4-2-1-3-5-13/h1-5,7,11H,6,8-10,12H2,(H,20,21,26). The van der Waals surface area contributed by atoms with Gasteiger partial charge in [-0.3, -0.25) is 9.69 Å². The molecule has 0 spiro atoms. The fourth-order valence-corrected chi connectivity index (χ4v) is 4.26. The summed E-state index contributed by atoms with van der Waals surface area (Å²) in [5, 5.41) is 10.7. The van der Waals surface area contributed by atoms with E-state index in [1.54, 1.807) is 0 Å². The Kier molecular flexibility index (Phi) is 4.06. The Morgan fingerprint density at radius 2 is 1.96 bits per heavy atom. The maximum atomic E-state index is 12.2. The lowest BCUT2D eigenvalue weighted by atomic mass is 10.2. The molecule has 8 heteroatoms. The number of aromatic nitrogens is 5. The van der Waals surface area contributed by atoms with E-state index in [1.165, 1.54) is 11.3 Å². The molecule has 3 aromatic heterocycles. The number of thiophene rings is 1. The maximum absolute atomic E-state index is 12.2. The van der Waals surface area contributed by atoms with Gasteiger partial charge in [-0.05, 0) is 11.4 Å². The van der Waals surface area contributed by atoms with E-state index in [2.05, 4.69) is 41.8 Å². The Morgan fingerprint density at radius 1 is 1.07 bits per heavy atom. The minimum atomic E-state index is -0.0525. The molecule has 0 bridgehead atoms. The molecular formula is C19H18N6OS. The van der Waals surface area contributed by atoms with Crippen molar-refractivity contribution in [3.05, 3.63) is 63.8 Å². The van der Waals surface area contributed by atoms with Gasteiger partial charge in [-0.25, -0.2) is 4.98 Å². The number of nitrogens with one attached hydrogen (secondary N) is 1. The van der Waals surface area contributed by atoms with Crippen LogP contribution < -0.4 is 5.56 Å². The van der Waals surface area contributed by atoms with Gasteiger partial charge in [0.15, 0.2) is 5.82 Å². The third kappa shape index (κ3) is 3.07. The smallest absolute Gasteiger partial charge is 0.268 e. The Hall–Kier alpha value is -2.84. The van der Waals surface area contributed by atoms with Crippen LogP contribution in [-0.2, 0) is 19.5 Å². The van der Waals surface area contributed by atoms with Crippen LogP contribution in [0.4, 0.5) is 0 Å². The highest BCUT2D eigenvalue weighted by atomic mass is 32.1. The molecule has 0 radical (unpaired) electrons. The van der Waals surface area contributed by atoms with Crippen LogP contribution in [0, 0.1) is 0 Å². The lowest BCUT2D eigenvalue weighted by Crippen LogP contribution is -2.28. The van der Waals surface area contributed by atoms with Crippen LogP contribution in [0.1, 0.15) is 11.6 Å². The number of nitrogens with zero attached hydrogens (tertiary/aromatic N) is 5. The van der Waals surface area contributed by atoms with E-state index in [0.717, 1.165) is 48.8 Å². The van der Waals surface area contributed by atoms with Crippen molar-refractivity contribution < 1.29 is 0 Å². The largest absolute Gasteiger partial charge is 0.310 e. The predicted molar refractivity (Wildman–Crippen MR) is 105 cm³/mol. The van der Waals surface area contributed by atoms with Crippen molar-refractivity contribution in [2.24, 2.45) is 0 Å². The zero-order valence-corrected chi connectivity index (χ0v) is 15.4. The Labute approximate surface area is 159 Å². The summed E-state index contributed by atoms with van der Waals surface area (Å²) in [5.41, 5.74) is 1.80. The van der Waals surface area contributed by atoms with Gasteiger partial charge in [0.05, 0.1) is 12.1 Å². The van der Waals surface area contributed by atoms with Crippen LogP contribution in [-0.4, -0.2) is 42.7 Å².